The molecule has 1 amide bonds. The lowest BCUT2D eigenvalue weighted by Crippen LogP contribution is -2.56. The van der Waals surface area contributed by atoms with Crippen LogP contribution >= 0.6 is 0 Å². The third kappa shape index (κ3) is 2.39. The van der Waals surface area contributed by atoms with Gasteiger partial charge in [0, 0.05) is 12.4 Å². The van der Waals surface area contributed by atoms with E-state index in [0.717, 1.165) is 24.8 Å². The Hall–Kier alpha value is -1.42. The molecule has 0 spiro atoms. The van der Waals surface area contributed by atoms with Crippen molar-refractivity contribution >= 4 is 5.91 Å². The second-order valence-corrected chi connectivity index (χ2v) is 4.37. The molecule has 1 aliphatic carbocycles. The molecule has 1 saturated carbocycles. The van der Waals surface area contributed by atoms with Crippen molar-refractivity contribution in [2.24, 2.45) is 0 Å². The van der Waals surface area contributed by atoms with Crippen LogP contribution in [-0.4, -0.2) is 28.1 Å². The molecule has 1 aliphatic rings. The quantitative estimate of drug-likeness (QED) is 0.783. The van der Waals surface area contributed by atoms with E-state index in [1.807, 2.05) is 12.1 Å². The second kappa shape index (κ2) is 4.61. The van der Waals surface area contributed by atoms with Crippen LogP contribution in [0.2, 0.25) is 0 Å². The molecule has 0 radical (unpaired) electrons. The normalized spacial score (nSPS) is 17.6. The maximum atomic E-state index is 11.7. The number of hydrogen-bond acceptors (Lipinski definition) is 3. The molecule has 0 saturated heterocycles. The fourth-order valence-electron chi connectivity index (χ4n) is 1.95. The fraction of sp³-hybridized carbons (Fsp3) is 0.500. The highest BCUT2D eigenvalue weighted by Crippen LogP contribution is 2.31. The lowest BCUT2D eigenvalue weighted by molar-refractivity contribution is -0.124. The number of carbonyl (C=O) groups is 1. The van der Waals surface area contributed by atoms with Gasteiger partial charge in [0.05, 0.1) is 18.6 Å². The van der Waals surface area contributed by atoms with Crippen molar-refractivity contribution in [3.8, 4) is 0 Å². The molecule has 16 heavy (non-hydrogen) atoms. The molecule has 2 N–H and O–H groups in total. The monoisotopic (exact) mass is 220 g/mol. The predicted molar refractivity (Wildman–Crippen MR) is 59.8 cm³/mol. The summed E-state index contributed by atoms with van der Waals surface area (Å²) in [7, 11) is 0. The predicted octanol–water partition coefficient (Wildman–Crippen LogP) is 0.655. The summed E-state index contributed by atoms with van der Waals surface area (Å²) >= 11 is 0. The molecule has 4 heteroatoms. The molecule has 0 unspecified atom stereocenters. The van der Waals surface area contributed by atoms with E-state index in [9.17, 15) is 9.90 Å². The van der Waals surface area contributed by atoms with Gasteiger partial charge in [-0.25, -0.2) is 0 Å². The highest BCUT2D eigenvalue weighted by Gasteiger charge is 2.37. The number of aliphatic hydroxyl groups excluding tert-OH is 1. The molecule has 86 valence electrons. The molecule has 1 aromatic heterocycles. The van der Waals surface area contributed by atoms with E-state index in [2.05, 4.69) is 10.3 Å². The molecule has 2 rings (SSSR count). The maximum absolute atomic E-state index is 11.7. The van der Waals surface area contributed by atoms with Gasteiger partial charge in [0.1, 0.15) is 0 Å². The molecule has 4 nitrogen and oxygen atoms in total. The number of aromatic nitrogens is 1. The Balaban J connectivity index is 1.89. The van der Waals surface area contributed by atoms with Gasteiger partial charge in [-0.2, -0.15) is 0 Å². The standard InChI is InChI=1S/C12H16N2O2/c15-9-12(4-1-5-12)14-11(16)8-10-2-6-13-7-3-10/h2-3,6-7,15H,1,4-5,8-9H2,(H,14,16). The number of rotatable bonds is 4. The van der Waals surface area contributed by atoms with E-state index < -0.39 is 0 Å². The summed E-state index contributed by atoms with van der Waals surface area (Å²) in [6.07, 6.45) is 6.54. The number of amides is 1. The van der Waals surface area contributed by atoms with Crippen LogP contribution in [0.5, 0.6) is 0 Å². The van der Waals surface area contributed by atoms with Gasteiger partial charge in [-0.05, 0) is 37.0 Å². The first-order chi connectivity index (χ1) is 7.74. The summed E-state index contributed by atoms with van der Waals surface area (Å²) in [5.41, 5.74) is 0.601. The van der Waals surface area contributed by atoms with Gasteiger partial charge < -0.3 is 10.4 Å². The van der Waals surface area contributed by atoms with Gasteiger partial charge in [0.25, 0.3) is 0 Å². The van der Waals surface area contributed by atoms with Crippen molar-refractivity contribution in [3.05, 3.63) is 30.1 Å². The smallest absolute Gasteiger partial charge is 0.224 e. The first kappa shape index (κ1) is 11.1. The van der Waals surface area contributed by atoms with Crippen molar-refractivity contribution in [2.45, 2.75) is 31.2 Å². The number of pyridine rings is 1. The van der Waals surface area contributed by atoms with Crippen LogP contribution in [0.4, 0.5) is 0 Å². The molecule has 1 aromatic rings. The molecule has 1 heterocycles. The average Bonchev–Trinajstić information content (AvgIpc) is 2.25. The van der Waals surface area contributed by atoms with Crippen molar-refractivity contribution in [1.82, 2.24) is 10.3 Å². The minimum atomic E-state index is -0.343. The summed E-state index contributed by atoms with van der Waals surface area (Å²) in [5, 5.41) is 12.1. The Morgan fingerprint density at radius 3 is 2.62 bits per heavy atom. The third-order valence-electron chi connectivity index (χ3n) is 3.13. The van der Waals surface area contributed by atoms with Gasteiger partial charge in [-0.1, -0.05) is 0 Å². The minimum Gasteiger partial charge on any atom is -0.394 e. The summed E-state index contributed by atoms with van der Waals surface area (Å²) in [6.45, 7) is 0.0368. The Labute approximate surface area is 94.7 Å². The van der Waals surface area contributed by atoms with E-state index in [1.54, 1.807) is 12.4 Å². The molecular formula is C12H16N2O2. The molecule has 0 bridgehead atoms. The number of hydrogen-bond donors (Lipinski definition) is 2. The second-order valence-electron chi connectivity index (χ2n) is 4.37. The Bertz CT molecular complexity index is 355. The molecule has 0 aliphatic heterocycles. The van der Waals surface area contributed by atoms with Gasteiger partial charge in [0.15, 0.2) is 0 Å². The summed E-state index contributed by atoms with van der Waals surface area (Å²) in [4.78, 5) is 15.6. The first-order valence-electron chi connectivity index (χ1n) is 5.55. The molecule has 1 fully saturated rings. The van der Waals surface area contributed by atoms with E-state index in [0.29, 0.717) is 6.42 Å². The summed E-state index contributed by atoms with van der Waals surface area (Å²) < 4.78 is 0. The van der Waals surface area contributed by atoms with Crippen molar-refractivity contribution in [3.63, 3.8) is 0 Å². The SMILES string of the molecule is O=C(Cc1ccncc1)NC1(CO)CCC1. The average molecular weight is 220 g/mol. The highest BCUT2D eigenvalue weighted by molar-refractivity contribution is 5.79. The van der Waals surface area contributed by atoms with Crippen LogP contribution in [0.15, 0.2) is 24.5 Å². The maximum Gasteiger partial charge on any atom is 0.224 e. The van der Waals surface area contributed by atoms with Gasteiger partial charge >= 0.3 is 0 Å². The minimum absolute atomic E-state index is 0.0278. The van der Waals surface area contributed by atoms with Crippen molar-refractivity contribution in [1.29, 1.82) is 0 Å². The molecular weight excluding hydrogens is 204 g/mol. The fourth-order valence-corrected chi connectivity index (χ4v) is 1.95. The van der Waals surface area contributed by atoms with Crippen LogP contribution < -0.4 is 5.32 Å². The Morgan fingerprint density at radius 1 is 1.44 bits per heavy atom. The lowest BCUT2D eigenvalue weighted by Gasteiger charge is -2.41. The number of carbonyl (C=O) groups excluding carboxylic acids is 1. The zero-order valence-corrected chi connectivity index (χ0v) is 9.15. The Morgan fingerprint density at radius 2 is 2.12 bits per heavy atom. The molecule has 0 aromatic carbocycles. The Kier molecular flexibility index (Phi) is 3.19. The van der Waals surface area contributed by atoms with E-state index in [-0.39, 0.29) is 18.1 Å². The topological polar surface area (TPSA) is 62.2 Å². The van der Waals surface area contributed by atoms with E-state index in [1.165, 1.54) is 0 Å². The number of nitrogens with one attached hydrogen (secondary N) is 1. The third-order valence-corrected chi connectivity index (χ3v) is 3.13. The van der Waals surface area contributed by atoms with Gasteiger partial charge in [-0.15, -0.1) is 0 Å². The van der Waals surface area contributed by atoms with Gasteiger partial charge in [-0.3, -0.25) is 9.78 Å². The molecule has 0 atom stereocenters. The van der Waals surface area contributed by atoms with Crippen LogP contribution in [0.1, 0.15) is 24.8 Å². The van der Waals surface area contributed by atoms with E-state index >= 15 is 0 Å². The van der Waals surface area contributed by atoms with Gasteiger partial charge in [0.2, 0.25) is 5.91 Å². The number of nitrogens with zero attached hydrogens (tertiary/aromatic N) is 1. The number of aliphatic hydroxyl groups is 1. The van der Waals surface area contributed by atoms with Crippen LogP contribution in [0, 0.1) is 0 Å². The summed E-state index contributed by atoms with van der Waals surface area (Å²) in [5.74, 6) is -0.0278. The highest BCUT2D eigenvalue weighted by atomic mass is 16.3. The zero-order chi connectivity index (χ0) is 11.4. The zero-order valence-electron chi connectivity index (χ0n) is 9.15. The largest absolute Gasteiger partial charge is 0.394 e. The lowest BCUT2D eigenvalue weighted by atomic mass is 9.77. The van der Waals surface area contributed by atoms with Crippen LogP contribution in [0.3, 0.4) is 0 Å². The van der Waals surface area contributed by atoms with Crippen LogP contribution in [0.25, 0.3) is 0 Å². The van der Waals surface area contributed by atoms with Crippen molar-refractivity contribution < 1.29 is 9.90 Å². The summed E-state index contributed by atoms with van der Waals surface area (Å²) in [6, 6.07) is 3.65. The van der Waals surface area contributed by atoms with Crippen molar-refractivity contribution in [2.75, 3.05) is 6.61 Å². The van der Waals surface area contributed by atoms with E-state index in [4.69, 9.17) is 0 Å². The first-order valence-corrected chi connectivity index (χ1v) is 5.55. The van der Waals surface area contributed by atoms with Crippen LogP contribution in [-0.2, 0) is 11.2 Å².